The summed E-state index contributed by atoms with van der Waals surface area (Å²) in [5.74, 6) is 4.74. The predicted molar refractivity (Wildman–Crippen MR) is 74.3 cm³/mol. The molecule has 1 aromatic carbocycles. The maximum atomic E-state index is 11.8. The molecule has 0 unspecified atom stereocenters. The third-order valence-corrected chi connectivity index (χ3v) is 3.25. The molecule has 0 aliphatic heterocycles. The maximum absolute atomic E-state index is 11.8. The molecule has 1 aromatic heterocycles. The largest absolute Gasteiger partial charge is 0.289 e. The van der Waals surface area contributed by atoms with Gasteiger partial charge in [0.15, 0.2) is 5.69 Å². The van der Waals surface area contributed by atoms with Crippen molar-refractivity contribution < 1.29 is 4.79 Å². The standard InChI is InChI=1S/C13H15ClN4O/c1-3-10-11(14)12(13(19)16-15)18(17-10)9-6-4-8(2)5-7-9/h4-7H,3,15H2,1-2H3,(H,16,19). The van der Waals surface area contributed by atoms with Crippen molar-refractivity contribution in [2.24, 2.45) is 5.84 Å². The number of hydrogen-bond acceptors (Lipinski definition) is 3. The Hall–Kier alpha value is -1.85. The molecular weight excluding hydrogens is 264 g/mol. The van der Waals surface area contributed by atoms with Gasteiger partial charge in [0, 0.05) is 0 Å². The SMILES string of the molecule is CCc1nn(-c2ccc(C)cc2)c(C(=O)NN)c1Cl. The number of nitrogens with two attached hydrogens (primary N) is 1. The van der Waals surface area contributed by atoms with Crippen molar-refractivity contribution in [3.8, 4) is 5.69 Å². The van der Waals surface area contributed by atoms with Crippen LogP contribution in [0.3, 0.4) is 0 Å². The van der Waals surface area contributed by atoms with E-state index in [1.54, 1.807) is 0 Å². The lowest BCUT2D eigenvalue weighted by Crippen LogP contribution is -2.32. The summed E-state index contributed by atoms with van der Waals surface area (Å²) in [5, 5.41) is 4.70. The van der Waals surface area contributed by atoms with E-state index in [2.05, 4.69) is 10.5 Å². The number of nitrogens with zero attached hydrogens (tertiary/aromatic N) is 2. The molecule has 0 radical (unpaired) electrons. The van der Waals surface area contributed by atoms with Gasteiger partial charge in [-0.05, 0) is 25.5 Å². The third kappa shape index (κ3) is 2.47. The van der Waals surface area contributed by atoms with Gasteiger partial charge in [0.1, 0.15) is 0 Å². The first-order valence-corrected chi connectivity index (χ1v) is 6.31. The van der Waals surface area contributed by atoms with E-state index in [0.29, 0.717) is 17.1 Å². The Balaban J connectivity index is 2.61. The molecule has 2 aromatic rings. The van der Waals surface area contributed by atoms with Gasteiger partial charge < -0.3 is 0 Å². The van der Waals surface area contributed by atoms with Crippen molar-refractivity contribution in [1.29, 1.82) is 0 Å². The average molecular weight is 279 g/mol. The molecule has 6 heteroatoms. The molecule has 0 spiro atoms. The lowest BCUT2D eigenvalue weighted by Gasteiger charge is -2.06. The average Bonchev–Trinajstić information content (AvgIpc) is 2.75. The summed E-state index contributed by atoms with van der Waals surface area (Å²) in [6.45, 7) is 3.92. The molecule has 5 nitrogen and oxygen atoms in total. The molecule has 0 saturated carbocycles. The molecule has 0 saturated heterocycles. The highest BCUT2D eigenvalue weighted by Gasteiger charge is 2.21. The summed E-state index contributed by atoms with van der Waals surface area (Å²) >= 11 is 6.18. The number of hydrogen-bond donors (Lipinski definition) is 2. The molecule has 1 heterocycles. The molecule has 0 fully saturated rings. The highest BCUT2D eigenvalue weighted by atomic mass is 35.5. The van der Waals surface area contributed by atoms with E-state index < -0.39 is 5.91 Å². The van der Waals surface area contributed by atoms with Crippen molar-refractivity contribution in [1.82, 2.24) is 15.2 Å². The Morgan fingerprint density at radius 1 is 1.42 bits per heavy atom. The van der Waals surface area contributed by atoms with Gasteiger partial charge in [0.2, 0.25) is 0 Å². The van der Waals surface area contributed by atoms with Crippen molar-refractivity contribution >= 4 is 17.5 Å². The number of hydrazine groups is 1. The van der Waals surface area contributed by atoms with Crippen molar-refractivity contribution in [2.45, 2.75) is 20.3 Å². The fourth-order valence-electron chi connectivity index (χ4n) is 1.81. The number of aryl methyl sites for hydroxylation is 2. The lowest BCUT2D eigenvalue weighted by atomic mass is 10.2. The maximum Gasteiger partial charge on any atom is 0.285 e. The van der Waals surface area contributed by atoms with Crippen LogP contribution in [0.15, 0.2) is 24.3 Å². The van der Waals surface area contributed by atoms with E-state index in [-0.39, 0.29) is 5.69 Å². The normalized spacial score (nSPS) is 10.5. The van der Waals surface area contributed by atoms with Gasteiger partial charge in [-0.25, -0.2) is 10.5 Å². The van der Waals surface area contributed by atoms with Crippen LogP contribution in [0.2, 0.25) is 5.02 Å². The Kier molecular flexibility index (Phi) is 3.87. The number of carbonyl (C=O) groups excluding carboxylic acids is 1. The summed E-state index contributed by atoms with van der Waals surface area (Å²) < 4.78 is 1.52. The molecular formula is C13H15ClN4O. The van der Waals surface area contributed by atoms with Crippen LogP contribution < -0.4 is 11.3 Å². The Bertz CT molecular complexity index is 604. The number of benzene rings is 1. The summed E-state index contributed by atoms with van der Waals surface area (Å²) in [5.41, 5.74) is 4.92. The number of amides is 1. The highest BCUT2D eigenvalue weighted by molar-refractivity contribution is 6.34. The minimum absolute atomic E-state index is 0.255. The summed E-state index contributed by atoms with van der Waals surface area (Å²) in [6.07, 6.45) is 0.641. The molecule has 0 aliphatic carbocycles. The first-order chi connectivity index (χ1) is 9.08. The van der Waals surface area contributed by atoms with E-state index >= 15 is 0 Å². The Labute approximate surface area is 116 Å². The molecule has 19 heavy (non-hydrogen) atoms. The molecule has 0 bridgehead atoms. The number of nitrogen functional groups attached to an aromatic ring is 1. The van der Waals surface area contributed by atoms with Gasteiger partial charge >= 0.3 is 0 Å². The van der Waals surface area contributed by atoms with Crippen molar-refractivity contribution in [2.75, 3.05) is 0 Å². The van der Waals surface area contributed by atoms with Gasteiger partial charge in [0.05, 0.1) is 16.4 Å². The van der Waals surface area contributed by atoms with E-state index in [9.17, 15) is 4.79 Å². The highest BCUT2D eigenvalue weighted by Crippen LogP contribution is 2.24. The molecule has 100 valence electrons. The van der Waals surface area contributed by atoms with Crippen LogP contribution in [0.25, 0.3) is 5.69 Å². The topological polar surface area (TPSA) is 72.9 Å². The lowest BCUT2D eigenvalue weighted by molar-refractivity contribution is 0.0946. The van der Waals surface area contributed by atoms with Gasteiger partial charge in [-0.3, -0.25) is 10.2 Å². The van der Waals surface area contributed by atoms with Crippen molar-refractivity contribution in [3.63, 3.8) is 0 Å². The third-order valence-electron chi connectivity index (χ3n) is 2.85. The fourth-order valence-corrected chi connectivity index (χ4v) is 2.14. The van der Waals surface area contributed by atoms with Crippen LogP contribution in [0.5, 0.6) is 0 Å². The zero-order chi connectivity index (χ0) is 14.0. The Morgan fingerprint density at radius 2 is 2.05 bits per heavy atom. The second kappa shape index (κ2) is 5.42. The minimum atomic E-state index is -0.460. The molecule has 3 N–H and O–H groups in total. The summed E-state index contributed by atoms with van der Waals surface area (Å²) in [7, 11) is 0. The van der Waals surface area contributed by atoms with E-state index in [1.165, 1.54) is 4.68 Å². The predicted octanol–water partition coefficient (Wildman–Crippen LogP) is 2.00. The van der Waals surface area contributed by atoms with Crippen LogP contribution >= 0.6 is 11.6 Å². The summed E-state index contributed by atoms with van der Waals surface area (Å²) in [6, 6.07) is 7.65. The minimum Gasteiger partial charge on any atom is -0.289 e. The first kappa shape index (κ1) is 13.6. The number of nitrogens with one attached hydrogen (secondary N) is 1. The number of aromatic nitrogens is 2. The molecule has 0 atom stereocenters. The fraction of sp³-hybridized carbons (Fsp3) is 0.231. The van der Waals surface area contributed by atoms with Crippen molar-refractivity contribution in [3.05, 3.63) is 46.2 Å². The van der Waals surface area contributed by atoms with Gasteiger partial charge in [-0.2, -0.15) is 5.10 Å². The van der Waals surface area contributed by atoms with Crippen LogP contribution in [-0.2, 0) is 6.42 Å². The molecule has 2 rings (SSSR count). The molecule has 1 amide bonds. The van der Waals surface area contributed by atoms with Crippen LogP contribution in [-0.4, -0.2) is 15.7 Å². The zero-order valence-electron chi connectivity index (χ0n) is 10.8. The van der Waals surface area contributed by atoms with Gasteiger partial charge in [0.25, 0.3) is 5.91 Å². The van der Waals surface area contributed by atoms with Gasteiger partial charge in [-0.1, -0.05) is 36.2 Å². The number of carbonyl (C=O) groups is 1. The van der Waals surface area contributed by atoms with E-state index in [1.807, 2.05) is 38.1 Å². The Morgan fingerprint density at radius 3 is 2.58 bits per heavy atom. The van der Waals surface area contributed by atoms with Gasteiger partial charge in [-0.15, -0.1) is 0 Å². The van der Waals surface area contributed by atoms with E-state index in [4.69, 9.17) is 17.4 Å². The summed E-state index contributed by atoms with van der Waals surface area (Å²) in [4.78, 5) is 11.8. The monoisotopic (exact) mass is 278 g/mol. The quantitative estimate of drug-likeness (QED) is 0.512. The first-order valence-electron chi connectivity index (χ1n) is 5.93. The van der Waals surface area contributed by atoms with E-state index in [0.717, 1.165) is 11.3 Å². The second-order valence-electron chi connectivity index (χ2n) is 4.18. The van der Waals surface area contributed by atoms with Crippen LogP contribution in [0.1, 0.15) is 28.7 Å². The number of halogens is 1. The second-order valence-corrected chi connectivity index (χ2v) is 4.56. The molecule has 0 aliphatic rings. The zero-order valence-corrected chi connectivity index (χ0v) is 11.5. The van der Waals surface area contributed by atoms with Crippen LogP contribution in [0.4, 0.5) is 0 Å². The number of rotatable bonds is 3. The smallest absolute Gasteiger partial charge is 0.285 e. The van der Waals surface area contributed by atoms with Crippen LogP contribution in [0, 0.1) is 6.92 Å².